The van der Waals surface area contributed by atoms with Crippen molar-refractivity contribution in [1.82, 2.24) is 4.98 Å². The van der Waals surface area contributed by atoms with Crippen LogP contribution in [-0.2, 0) is 6.18 Å². The van der Waals surface area contributed by atoms with E-state index in [0.717, 1.165) is 12.3 Å². The monoisotopic (exact) mass is 271 g/mol. The van der Waals surface area contributed by atoms with E-state index >= 15 is 0 Å². The number of hydrogen-bond donors (Lipinski definition) is 2. The summed E-state index contributed by atoms with van der Waals surface area (Å²) in [6.45, 7) is 0. The lowest BCUT2D eigenvalue weighted by Gasteiger charge is -2.12. The van der Waals surface area contributed by atoms with Crippen LogP contribution in [0.15, 0.2) is 36.5 Å². The van der Waals surface area contributed by atoms with Crippen molar-refractivity contribution in [3.05, 3.63) is 48.0 Å². The third-order valence-electron chi connectivity index (χ3n) is 2.35. The number of nitrogen functional groups attached to an aromatic ring is 1. The van der Waals surface area contributed by atoms with E-state index in [1.807, 2.05) is 0 Å². The minimum absolute atomic E-state index is 0.0638. The number of rotatable bonds is 2. The summed E-state index contributed by atoms with van der Waals surface area (Å²) in [5.74, 6) is -0.441. The van der Waals surface area contributed by atoms with Crippen LogP contribution in [-0.4, -0.2) is 4.98 Å². The average molecular weight is 271 g/mol. The predicted octanol–water partition coefficient (Wildman–Crippen LogP) is 3.57. The van der Waals surface area contributed by atoms with Crippen LogP contribution < -0.4 is 11.1 Å². The summed E-state index contributed by atoms with van der Waals surface area (Å²) < 4.78 is 50.2. The van der Waals surface area contributed by atoms with Crippen LogP contribution in [0.3, 0.4) is 0 Å². The number of benzene rings is 1. The minimum Gasteiger partial charge on any atom is -0.396 e. The SMILES string of the molecule is Nc1cnc(C(F)(F)F)cc1Nc1ccc(F)cc1. The van der Waals surface area contributed by atoms with Crippen LogP contribution in [0.4, 0.5) is 34.6 Å². The number of nitrogens with one attached hydrogen (secondary N) is 1. The maximum Gasteiger partial charge on any atom is 0.433 e. The number of anilines is 3. The van der Waals surface area contributed by atoms with Crippen LogP contribution >= 0.6 is 0 Å². The average Bonchev–Trinajstić information content (AvgIpc) is 2.33. The first-order valence-electron chi connectivity index (χ1n) is 5.21. The molecule has 0 aliphatic rings. The summed E-state index contributed by atoms with van der Waals surface area (Å²) in [6, 6.07) is 5.96. The lowest BCUT2D eigenvalue weighted by atomic mass is 10.2. The van der Waals surface area contributed by atoms with E-state index in [0.29, 0.717) is 5.69 Å². The molecule has 0 saturated carbocycles. The van der Waals surface area contributed by atoms with Gasteiger partial charge in [-0.2, -0.15) is 13.2 Å². The van der Waals surface area contributed by atoms with E-state index in [1.54, 1.807) is 0 Å². The van der Waals surface area contributed by atoms with Crippen molar-refractivity contribution in [2.45, 2.75) is 6.18 Å². The Balaban J connectivity index is 2.31. The number of alkyl halides is 3. The summed E-state index contributed by atoms with van der Waals surface area (Å²) in [5.41, 5.74) is 5.05. The highest BCUT2D eigenvalue weighted by molar-refractivity contribution is 5.72. The molecule has 0 aliphatic heterocycles. The van der Waals surface area contributed by atoms with Crippen molar-refractivity contribution in [1.29, 1.82) is 0 Å². The second-order valence-electron chi connectivity index (χ2n) is 3.79. The molecule has 3 nitrogen and oxygen atoms in total. The Morgan fingerprint density at radius 2 is 1.74 bits per heavy atom. The van der Waals surface area contributed by atoms with E-state index < -0.39 is 17.7 Å². The van der Waals surface area contributed by atoms with Gasteiger partial charge < -0.3 is 11.1 Å². The lowest BCUT2D eigenvalue weighted by molar-refractivity contribution is -0.141. The third-order valence-corrected chi connectivity index (χ3v) is 2.35. The summed E-state index contributed by atoms with van der Waals surface area (Å²) in [7, 11) is 0. The molecular formula is C12H9F4N3. The molecule has 2 rings (SSSR count). The Kier molecular flexibility index (Phi) is 3.28. The van der Waals surface area contributed by atoms with Crippen LogP contribution in [0.2, 0.25) is 0 Å². The number of aromatic nitrogens is 1. The number of nitrogens with zero attached hydrogens (tertiary/aromatic N) is 1. The summed E-state index contributed by atoms with van der Waals surface area (Å²) >= 11 is 0. The van der Waals surface area contributed by atoms with Gasteiger partial charge in [-0.15, -0.1) is 0 Å². The molecule has 0 unspecified atom stereocenters. The van der Waals surface area contributed by atoms with E-state index in [9.17, 15) is 17.6 Å². The van der Waals surface area contributed by atoms with Gasteiger partial charge >= 0.3 is 6.18 Å². The molecule has 0 saturated heterocycles. The van der Waals surface area contributed by atoms with E-state index in [1.165, 1.54) is 24.3 Å². The molecule has 0 amide bonds. The Bertz CT molecular complexity index is 579. The van der Waals surface area contributed by atoms with Gasteiger partial charge in [-0.25, -0.2) is 9.37 Å². The van der Waals surface area contributed by atoms with Gasteiger partial charge in [0, 0.05) is 5.69 Å². The number of halogens is 4. The molecule has 0 atom stereocenters. The minimum atomic E-state index is -4.55. The summed E-state index contributed by atoms with van der Waals surface area (Å²) in [6.07, 6.45) is -3.62. The molecule has 2 aromatic rings. The van der Waals surface area contributed by atoms with Crippen molar-refractivity contribution >= 4 is 17.1 Å². The van der Waals surface area contributed by atoms with Gasteiger partial charge in [-0.1, -0.05) is 0 Å². The van der Waals surface area contributed by atoms with Crippen LogP contribution in [0, 0.1) is 5.82 Å². The first kappa shape index (κ1) is 13.1. The first-order valence-corrected chi connectivity index (χ1v) is 5.21. The number of hydrogen-bond acceptors (Lipinski definition) is 3. The van der Waals surface area contributed by atoms with Gasteiger partial charge in [0.15, 0.2) is 0 Å². The largest absolute Gasteiger partial charge is 0.433 e. The van der Waals surface area contributed by atoms with Crippen LogP contribution in [0.25, 0.3) is 0 Å². The van der Waals surface area contributed by atoms with Gasteiger partial charge in [0.25, 0.3) is 0 Å². The fourth-order valence-electron chi connectivity index (χ4n) is 1.42. The highest BCUT2D eigenvalue weighted by Crippen LogP contribution is 2.32. The molecule has 0 radical (unpaired) electrons. The highest BCUT2D eigenvalue weighted by Gasteiger charge is 2.32. The van der Waals surface area contributed by atoms with Crippen molar-refractivity contribution < 1.29 is 17.6 Å². The van der Waals surface area contributed by atoms with Gasteiger partial charge in [0.1, 0.15) is 11.5 Å². The zero-order valence-corrected chi connectivity index (χ0v) is 9.50. The van der Waals surface area contributed by atoms with Crippen LogP contribution in [0.1, 0.15) is 5.69 Å². The molecule has 1 aromatic heterocycles. The predicted molar refractivity (Wildman–Crippen MR) is 63.3 cm³/mol. The Labute approximate surface area is 106 Å². The molecule has 0 bridgehead atoms. The van der Waals surface area contributed by atoms with Gasteiger partial charge in [-0.3, -0.25) is 0 Å². The molecular weight excluding hydrogens is 262 g/mol. The van der Waals surface area contributed by atoms with E-state index in [-0.39, 0.29) is 11.4 Å². The maximum absolute atomic E-state index is 12.7. The second-order valence-corrected chi connectivity index (χ2v) is 3.79. The molecule has 3 N–H and O–H groups in total. The molecule has 7 heteroatoms. The standard InChI is InChI=1S/C12H9F4N3/c13-7-1-3-8(4-2-7)19-10-5-11(12(14,15)16)18-6-9(10)17/h1-6H,17H2,(H,18,19). The topological polar surface area (TPSA) is 50.9 Å². The molecule has 0 aliphatic carbocycles. The maximum atomic E-state index is 12.7. The molecule has 0 fully saturated rings. The van der Waals surface area contributed by atoms with E-state index in [2.05, 4.69) is 10.3 Å². The Hall–Kier alpha value is -2.31. The molecule has 1 heterocycles. The first-order chi connectivity index (χ1) is 8.86. The van der Waals surface area contributed by atoms with Gasteiger partial charge in [0.05, 0.1) is 17.6 Å². The zero-order valence-electron chi connectivity index (χ0n) is 9.50. The normalized spacial score (nSPS) is 11.4. The van der Waals surface area contributed by atoms with Gasteiger partial charge in [0.2, 0.25) is 0 Å². The Morgan fingerprint density at radius 1 is 1.11 bits per heavy atom. The van der Waals surface area contributed by atoms with Crippen molar-refractivity contribution in [3.8, 4) is 0 Å². The number of pyridine rings is 1. The van der Waals surface area contributed by atoms with Crippen LogP contribution in [0.5, 0.6) is 0 Å². The third kappa shape index (κ3) is 3.12. The molecule has 0 spiro atoms. The summed E-state index contributed by atoms with van der Waals surface area (Å²) in [4.78, 5) is 3.22. The quantitative estimate of drug-likeness (QED) is 0.821. The van der Waals surface area contributed by atoms with Crippen molar-refractivity contribution in [3.63, 3.8) is 0 Å². The second kappa shape index (κ2) is 4.75. The fourth-order valence-corrected chi connectivity index (χ4v) is 1.42. The smallest absolute Gasteiger partial charge is 0.396 e. The zero-order chi connectivity index (χ0) is 14.0. The number of nitrogens with two attached hydrogens (primary N) is 1. The summed E-state index contributed by atoms with van der Waals surface area (Å²) in [5, 5.41) is 2.68. The van der Waals surface area contributed by atoms with Crippen molar-refractivity contribution in [2.24, 2.45) is 0 Å². The Morgan fingerprint density at radius 3 is 2.32 bits per heavy atom. The van der Waals surface area contributed by atoms with E-state index in [4.69, 9.17) is 5.73 Å². The molecule has 1 aromatic carbocycles. The highest BCUT2D eigenvalue weighted by atomic mass is 19.4. The van der Waals surface area contributed by atoms with Gasteiger partial charge in [-0.05, 0) is 30.3 Å². The molecule has 100 valence electrons. The molecule has 19 heavy (non-hydrogen) atoms. The van der Waals surface area contributed by atoms with Crippen molar-refractivity contribution in [2.75, 3.05) is 11.1 Å². The fraction of sp³-hybridized carbons (Fsp3) is 0.0833. The lowest BCUT2D eigenvalue weighted by Crippen LogP contribution is -2.09.